The van der Waals surface area contributed by atoms with Crippen LogP contribution in [0.4, 0.5) is 5.69 Å². The molecule has 1 aromatic carbocycles. The molecule has 3 rings (SSSR count). The van der Waals surface area contributed by atoms with Gasteiger partial charge in [0.2, 0.25) is 0 Å². The van der Waals surface area contributed by atoms with Crippen LogP contribution in [0.25, 0.3) is 17.1 Å². The van der Waals surface area contributed by atoms with Gasteiger partial charge in [-0.2, -0.15) is 0 Å². The van der Waals surface area contributed by atoms with Crippen molar-refractivity contribution in [2.45, 2.75) is 0 Å². The number of imidazole rings is 1. The van der Waals surface area contributed by atoms with E-state index in [1.807, 2.05) is 0 Å². The largest absolute Gasteiger partial charge is 0.328 e. The number of amides is 1. The molecule has 1 aromatic heterocycles. The second kappa shape index (κ2) is 5.56. The van der Waals surface area contributed by atoms with E-state index < -0.39 is 4.92 Å². The van der Waals surface area contributed by atoms with Gasteiger partial charge in [0, 0.05) is 27.2 Å². The molecule has 0 aliphatic carbocycles. The Hall–Kier alpha value is -2.46. The predicted octanol–water partition coefficient (Wildman–Crippen LogP) is 1.62. The van der Waals surface area contributed by atoms with Crippen molar-refractivity contribution in [3.8, 4) is 0 Å². The Kier molecular flexibility index (Phi) is 3.80. The van der Waals surface area contributed by atoms with E-state index in [0.717, 1.165) is 11.8 Å². The van der Waals surface area contributed by atoms with Crippen molar-refractivity contribution in [2.24, 2.45) is 14.1 Å². The zero-order valence-corrected chi connectivity index (χ0v) is 14.6. The van der Waals surface area contributed by atoms with Crippen molar-refractivity contribution >= 4 is 57.0 Å². The molecule has 124 valence electrons. The van der Waals surface area contributed by atoms with Gasteiger partial charge in [-0.3, -0.25) is 28.9 Å². The average Bonchev–Trinajstić information content (AvgIpc) is 2.90. The minimum absolute atomic E-state index is 0.176. The first-order chi connectivity index (χ1) is 11.2. The molecule has 0 saturated carbocycles. The highest BCUT2D eigenvalue weighted by Gasteiger charge is 2.30. The van der Waals surface area contributed by atoms with Gasteiger partial charge in [-0.05, 0) is 12.1 Å². The average molecular weight is 364 g/mol. The number of rotatable bonds is 2. The third kappa shape index (κ3) is 2.34. The van der Waals surface area contributed by atoms with Crippen LogP contribution in [-0.2, 0) is 18.9 Å². The number of carbonyl (C=O) groups excluding carboxylic acids is 1. The molecular weight excluding hydrogens is 352 g/mol. The number of hydrogen-bond acceptors (Lipinski definition) is 6. The van der Waals surface area contributed by atoms with Gasteiger partial charge in [-0.15, -0.1) is 0 Å². The summed E-state index contributed by atoms with van der Waals surface area (Å²) in [5, 5.41) is 11.4. The standard InChI is InChI=1S/C14H12N4O4S2/c1-15-9-4-7(5-11-12(19)17(3)14(23)24-11)8(18(21)22)6-10(9)16(2)13(15)20/h4-6H,1-3H3/b11-5-. The van der Waals surface area contributed by atoms with Crippen molar-refractivity contribution in [2.75, 3.05) is 7.05 Å². The molecule has 1 aliphatic rings. The SMILES string of the molecule is CN1C(=O)/C(=C/c2cc3c(cc2[N+](=O)[O-])n(C)c(=O)n3C)SC1=S. The van der Waals surface area contributed by atoms with E-state index in [4.69, 9.17) is 12.2 Å². The molecule has 1 amide bonds. The van der Waals surface area contributed by atoms with E-state index in [-0.39, 0.29) is 22.8 Å². The molecular formula is C14H12N4O4S2. The van der Waals surface area contributed by atoms with Crippen LogP contribution in [0, 0.1) is 10.1 Å². The molecule has 0 atom stereocenters. The van der Waals surface area contributed by atoms with Crippen LogP contribution in [0.15, 0.2) is 21.8 Å². The summed E-state index contributed by atoms with van der Waals surface area (Å²) in [4.78, 5) is 36.6. The van der Waals surface area contributed by atoms with Gasteiger partial charge in [0.25, 0.3) is 11.6 Å². The monoisotopic (exact) mass is 364 g/mol. The van der Waals surface area contributed by atoms with Crippen molar-refractivity contribution < 1.29 is 9.72 Å². The molecule has 2 aromatic rings. The molecule has 0 radical (unpaired) electrons. The molecule has 1 saturated heterocycles. The first kappa shape index (κ1) is 16.4. The number of fused-ring (bicyclic) bond motifs is 1. The van der Waals surface area contributed by atoms with Crippen molar-refractivity contribution in [3.63, 3.8) is 0 Å². The number of thioether (sulfide) groups is 1. The van der Waals surface area contributed by atoms with Crippen LogP contribution in [0.1, 0.15) is 5.56 Å². The van der Waals surface area contributed by atoms with Crippen LogP contribution in [-0.4, -0.2) is 36.2 Å². The lowest BCUT2D eigenvalue weighted by molar-refractivity contribution is -0.385. The first-order valence-electron chi connectivity index (χ1n) is 6.77. The zero-order valence-electron chi connectivity index (χ0n) is 13.0. The molecule has 24 heavy (non-hydrogen) atoms. The lowest BCUT2D eigenvalue weighted by atomic mass is 10.1. The van der Waals surface area contributed by atoms with Crippen molar-refractivity contribution in [3.05, 3.63) is 43.2 Å². The first-order valence-corrected chi connectivity index (χ1v) is 8.00. The summed E-state index contributed by atoms with van der Waals surface area (Å²) in [5.41, 5.74) is 0.796. The Morgan fingerprint density at radius 1 is 1.17 bits per heavy atom. The number of nitro benzene ring substituents is 1. The minimum Gasteiger partial charge on any atom is -0.296 e. The Morgan fingerprint density at radius 2 is 1.75 bits per heavy atom. The van der Waals surface area contributed by atoms with Crippen LogP contribution in [0.3, 0.4) is 0 Å². The van der Waals surface area contributed by atoms with Crippen LogP contribution >= 0.6 is 24.0 Å². The fraction of sp³-hybridized carbons (Fsp3) is 0.214. The number of hydrogen-bond donors (Lipinski definition) is 0. The number of aromatic nitrogens is 2. The number of thiocarbonyl (C=S) groups is 1. The lowest BCUT2D eigenvalue weighted by Gasteiger charge is -2.04. The van der Waals surface area contributed by atoms with E-state index in [2.05, 4.69) is 0 Å². The summed E-state index contributed by atoms with van der Waals surface area (Å²) in [6.45, 7) is 0. The number of carbonyl (C=O) groups is 1. The summed E-state index contributed by atoms with van der Waals surface area (Å²) in [7, 11) is 4.69. The highest BCUT2D eigenvalue weighted by molar-refractivity contribution is 8.26. The number of aryl methyl sites for hydroxylation is 2. The van der Waals surface area contributed by atoms with Crippen LogP contribution in [0.5, 0.6) is 0 Å². The highest BCUT2D eigenvalue weighted by Crippen LogP contribution is 2.34. The Morgan fingerprint density at radius 3 is 2.25 bits per heavy atom. The fourth-order valence-corrected chi connectivity index (χ4v) is 3.68. The Labute approximate surface area is 145 Å². The van der Waals surface area contributed by atoms with Gasteiger partial charge in [-0.25, -0.2) is 4.79 Å². The number of benzene rings is 1. The highest BCUT2D eigenvalue weighted by atomic mass is 32.2. The zero-order chi connectivity index (χ0) is 17.8. The quantitative estimate of drug-likeness (QED) is 0.348. The van der Waals surface area contributed by atoms with Gasteiger partial charge in [-0.1, -0.05) is 24.0 Å². The summed E-state index contributed by atoms with van der Waals surface area (Å²) in [6, 6.07) is 2.88. The summed E-state index contributed by atoms with van der Waals surface area (Å²) >= 11 is 6.15. The third-order valence-corrected chi connectivity index (χ3v) is 5.37. The molecule has 2 heterocycles. The maximum Gasteiger partial charge on any atom is 0.328 e. The number of likely N-dealkylation sites (N-methyl/N-ethyl adjacent to an activating group) is 1. The smallest absolute Gasteiger partial charge is 0.296 e. The fourth-order valence-electron chi connectivity index (χ4n) is 2.51. The van der Waals surface area contributed by atoms with E-state index in [1.54, 1.807) is 21.1 Å². The number of nitrogens with zero attached hydrogens (tertiary/aromatic N) is 4. The molecule has 1 aliphatic heterocycles. The molecule has 10 heteroatoms. The van der Waals surface area contributed by atoms with Gasteiger partial charge in [0.1, 0.15) is 4.32 Å². The molecule has 0 unspecified atom stereocenters. The topological polar surface area (TPSA) is 90.4 Å². The molecule has 0 spiro atoms. The van der Waals surface area contributed by atoms with E-state index in [9.17, 15) is 19.7 Å². The van der Waals surface area contributed by atoms with Crippen molar-refractivity contribution in [1.29, 1.82) is 0 Å². The van der Waals surface area contributed by atoms with Crippen LogP contribution < -0.4 is 5.69 Å². The summed E-state index contributed by atoms with van der Waals surface area (Å²) in [6.07, 6.45) is 1.44. The predicted molar refractivity (Wildman–Crippen MR) is 95.8 cm³/mol. The lowest BCUT2D eigenvalue weighted by Crippen LogP contribution is -2.22. The second-order valence-corrected chi connectivity index (χ2v) is 6.97. The summed E-state index contributed by atoms with van der Waals surface area (Å²) in [5.74, 6) is -0.304. The Bertz CT molecular complexity index is 1020. The molecule has 1 fully saturated rings. The van der Waals surface area contributed by atoms with Crippen LogP contribution in [0.2, 0.25) is 0 Å². The maximum absolute atomic E-state index is 12.1. The number of nitro groups is 1. The van der Waals surface area contributed by atoms with Crippen molar-refractivity contribution in [1.82, 2.24) is 14.0 Å². The molecule has 0 N–H and O–H groups in total. The van der Waals surface area contributed by atoms with E-state index in [0.29, 0.717) is 20.3 Å². The Balaban J connectivity index is 2.28. The summed E-state index contributed by atoms with van der Waals surface area (Å²) < 4.78 is 3.14. The van der Waals surface area contributed by atoms with E-state index >= 15 is 0 Å². The van der Waals surface area contributed by atoms with Gasteiger partial charge in [0.05, 0.1) is 26.4 Å². The van der Waals surface area contributed by atoms with Gasteiger partial charge in [0.15, 0.2) is 0 Å². The van der Waals surface area contributed by atoms with Gasteiger partial charge >= 0.3 is 5.69 Å². The molecule has 8 nitrogen and oxygen atoms in total. The molecule has 0 bridgehead atoms. The minimum atomic E-state index is -0.532. The van der Waals surface area contributed by atoms with E-state index in [1.165, 1.54) is 32.2 Å². The third-order valence-electron chi connectivity index (χ3n) is 3.89. The second-order valence-electron chi connectivity index (χ2n) is 5.30. The maximum atomic E-state index is 12.1. The van der Waals surface area contributed by atoms with Gasteiger partial charge < -0.3 is 0 Å². The normalized spacial score (nSPS) is 16.6.